The monoisotopic (exact) mass is 495 g/mol. The molecule has 1 fully saturated rings. The summed E-state index contributed by atoms with van der Waals surface area (Å²) < 4.78 is 20.0. The largest absolute Gasteiger partial charge is 0.358 e. The van der Waals surface area contributed by atoms with E-state index in [1.54, 1.807) is 17.7 Å². The summed E-state index contributed by atoms with van der Waals surface area (Å²) in [6.45, 7) is 0.641. The van der Waals surface area contributed by atoms with E-state index in [9.17, 15) is 4.79 Å². The number of H-pyrrole nitrogens is 1. The molecule has 9 heteroatoms. The second kappa shape index (κ2) is 9.02. The number of hydrogen-bond donors (Lipinski definition) is 2. The Bertz CT molecular complexity index is 1520. The summed E-state index contributed by atoms with van der Waals surface area (Å²) in [7, 11) is -0.162. The third-order valence-corrected chi connectivity index (χ3v) is 8.47. The molecule has 4 aromatic rings. The number of benzene rings is 2. The fourth-order valence-corrected chi connectivity index (χ4v) is 5.40. The Labute approximate surface area is 203 Å². The van der Waals surface area contributed by atoms with Crippen LogP contribution in [0.2, 0.25) is 5.02 Å². The summed E-state index contributed by atoms with van der Waals surface area (Å²) in [6.07, 6.45) is 4.35. The molecular formula is C25H26ClN5O2S. The molecule has 2 aromatic carbocycles. The van der Waals surface area contributed by atoms with Crippen LogP contribution < -0.4 is 5.69 Å². The van der Waals surface area contributed by atoms with E-state index in [1.165, 1.54) is 0 Å². The van der Waals surface area contributed by atoms with Crippen LogP contribution in [-0.4, -0.2) is 34.4 Å². The highest BCUT2D eigenvalue weighted by molar-refractivity contribution is 7.94. The zero-order chi connectivity index (χ0) is 23.9. The number of nitrogens with one attached hydrogen (secondary N) is 2. The molecule has 7 nitrogen and oxygen atoms in total. The lowest BCUT2D eigenvalue weighted by Crippen LogP contribution is -2.27. The van der Waals surface area contributed by atoms with Crippen molar-refractivity contribution in [3.8, 4) is 22.4 Å². The van der Waals surface area contributed by atoms with Gasteiger partial charge in [0.1, 0.15) is 6.23 Å². The Hall–Kier alpha value is -2.94. The molecule has 0 amide bonds. The minimum absolute atomic E-state index is 0.233. The van der Waals surface area contributed by atoms with Crippen LogP contribution in [0.1, 0.15) is 25.5 Å². The van der Waals surface area contributed by atoms with Crippen LogP contribution in [0.15, 0.2) is 68.7 Å². The van der Waals surface area contributed by atoms with E-state index in [0.717, 1.165) is 40.8 Å². The summed E-state index contributed by atoms with van der Waals surface area (Å²) in [5.74, 6) is 0. The van der Waals surface area contributed by atoms with Gasteiger partial charge in [-0.25, -0.2) is 14.3 Å². The summed E-state index contributed by atoms with van der Waals surface area (Å²) in [6, 6.07) is 17.8. The molecule has 1 aliphatic heterocycles. The van der Waals surface area contributed by atoms with Gasteiger partial charge in [0, 0.05) is 30.4 Å². The Morgan fingerprint density at radius 3 is 2.38 bits per heavy atom. The number of hydrogen-bond acceptors (Lipinski definition) is 5. The minimum atomic E-state index is -1.86. The first-order valence-electron chi connectivity index (χ1n) is 11.1. The second-order valence-corrected chi connectivity index (χ2v) is 11.5. The van der Waals surface area contributed by atoms with Crippen molar-refractivity contribution in [1.29, 1.82) is 4.78 Å². The van der Waals surface area contributed by atoms with Crippen molar-refractivity contribution < 1.29 is 4.74 Å². The van der Waals surface area contributed by atoms with Crippen LogP contribution in [0.5, 0.6) is 0 Å². The van der Waals surface area contributed by atoms with Gasteiger partial charge in [-0.05, 0) is 58.2 Å². The highest BCUT2D eigenvalue weighted by Crippen LogP contribution is 2.32. The zero-order valence-corrected chi connectivity index (χ0v) is 20.6. The van der Waals surface area contributed by atoms with Gasteiger partial charge >= 0.3 is 5.69 Å². The van der Waals surface area contributed by atoms with Crippen LogP contribution in [0.25, 0.3) is 33.5 Å². The zero-order valence-electron chi connectivity index (χ0n) is 19.0. The Morgan fingerprint density at radius 2 is 1.76 bits per heavy atom. The van der Waals surface area contributed by atoms with E-state index in [0.29, 0.717) is 28.5 Å². The molecule has 5 rings (SSSR count). The van der Waals surface area contributed by atoms with Gasteiger partial charge in [0.2, 0.25) is 0 Å². The van der Waals surface area contributed by atoms with Gasteiger partial charge in [-0.2, -0.15) is 0 Å². The molecule has 1 saturated heterocycles. The normalized spacial score (nSPS) is 18.0. The standard InChI is InChI=1S/C25H26ClN5O2S/c1-28-34(2,27)19-12-10-17(11-13-19)16-6-8-18(9-7-16)23-20(26)15-21-24(30-23)31(25(32)29-21)22-5-3-4-14-33-22/h6-13,15,22,27H,3-5,14H2,1-2H3,(H,29,32). The Morgan fingerprint density at radius 1 is 1.12 bits per heavy atom. The van der Waals surface area contributed by atoms with E-state index < -0.39 is 9.62 Å². The van der Waals surface area contributed by atoms with Crippen molar-refractivity contribution in [2.45, 2.75) is 30.4 Å². The van der Waals surface area contributed by atoms with Crippen LogP contribution in [0, 0.1) is 4.78 Å². The number of halogens is 1. The van der Waals surface area contributed by atoms with Gasteiger partial charge in [-0.1, -0.05) is 48.0 Å². The van der Waals surface area contributed by atoms with Gasteiger partial charge in [-0.15, -0.1) is 0 Å². The third-order valence-electron chi connectivity index (χ3n) is 6.26. The van der Waals surface area contributed by atoms with Gasteiger partial charge in [0.25, 0.3) is 0 Å². The fourth-order valence-electron chi connectivity index (χ4n) is 4.26. The maximum absolute atomic E-state index is 12.6. The lowest BCUT2D eigenvalue weighted by molar-refractivity contribution is -0.0316. The second-order valence-electron chi connectivity index (χ2n) is 8.47. The van der Waals surface area contributed by atoms with Crippen LogP contribution in [-0.2, 0) is 14.4 Å². The number of aromatic nitrogens is 3. The Kier molecular flexibility index (Phi) is 6.06. The number of pyridine rings is 1. The van der Waals surface area contributed by atoms with E-state index in [1.807, 2.05) is 54.8 Å². The number of aromatic amines is 1. The van der Waals surface area contributed by atoms with Crippen LogP contribution in [0.3, 0.4) is 0 Å². The van der Waals surface area contributed by atoms with E-state index in [-0.39, 0.29) is 11.9 Å². The number of fused-ring (bicyclic) bond motifs is 1. The molecule has 2 atom stereocenters. The molecule has 0 saturated carbocycles. The third kappa shape index (κ3) is 4.17. The highest BCUT2D eigenvalue weighted by atomic mass is 35.5. The summed E-state index contributed by atoms with van der Waals surface area (Å²) in [5.41, 5.74) is 4.53. The van der Waals surface area contributed by atoms with Crippen molar-refractivity contribution in [1.82, 2.24) is 14.5 Å². The van der Waals surface area contributed by atoms with E-state index in [2.05, 4.69) is 9.35 Å². The lowest BCUT2D eigenvalue weighted by Gasteiger charge is -2.23. The molecule has 34 heavy (non-hydrogen) atoms. The van der Waals surface area contributed by atoms with Gasteiger partial charge in [0.15, 0.2) is 5.65 Å². The fraction of sp³-hybridized carbons (Fsp3) is 0.280. The smallest absolute Gasteiger partial charge is 0.329 e. The Balaban J connectivity index is 1.50. The van der Waals surface area contributed by atoms with Crippen molar-refractivity contribution >= 4 is 32.4 Å². The first-order valence-corrected chi connectivity index (χ1v) is 13.5. The summed E-state index contributed by atoms with van der Waals surface area (Å²) in [5, 5.41) is 0.476. The average Bonchev–Trinajstić information content (AvgIpc) is 3.18. The average molecular weight is 496 g/mol. The topological polar surface area (TPSA) is 96.1 Å². The molecule has 0 bridgehead atoms. The summed E-state index contributed by atoms with van der Waals surface area (Å²) >= 11 is 6.57. The number of ether oxygens (including phenoxy) is 1. The predicted molar refractivity (Wildman–Crippen MR) is 138 cm³/mol. The summed E-state index contributed by atoms with van der Waals surface area (Å²) in [4.78, 5) is 21.2. The van der Waals surface area contributed by atoms with Crippen molar-refractivity contribution in [2.24, 2.45) is 4.36 Å². The van der Waals surface area contributed by atoms with E-state index in [4.69, 9.17) is 26.1 Å². The molecule has 2 aromatic heterocycles. The highest BCUT2D eigenvalue weighted by Gasteiger charge is 2.22. The number of rotatable bonds is 4. The van der Waals surface area contributed by atoms with Crippen LogP contribution >= 0.6 is 11.6 Å². The van der Waals surface area contributed by atoms with Crippen LogP contribution in [0.4, 0.5) is 0 Å². The molecule has 0 spiro atoms. The molecule has 0 aliphatic carbocycles. The molecule has 2 N–H and O–H groups in total. The van der Waals surface area contributed by atoms with Crippen molar-refractivity contribution in [3.63, 3.8) is 0 Å². The van der Waals surface area contributed by atoms with Crippen molar-refractivity contribution in [3.05, 3.63) is 70.1 Å². The predicted octanol–water partition coefficient (Wildman–Crippen LogP) is 6.13. The maximum atomic E-state index is 12.6. The lowest BCUT2D eigenvalue weighted by atomic mass is 10.0. The number of imidazole rings is 1. The first kappa shape index (κ1) is 22.8. The minimum Gasteiger partial charge on any atom is -0.358 e. The molecule has 0 radical (unpaired) electrons. The molecule has 176 valence electrons. The number of nitrogens with zero attached hydrogens (tertiary/aromatic N) is 3. The van der Waals surface area contributed by atoms with Gasteiger partial charge < -0.3 is 9.72 Å². The first-order chi connectivity index (χ1) is 16.4. The van der Waals surface area contributed by atoms with E-state index >= 15 is 0 Å². The molecule has 3 heterocycles. The van der Waals surface area contributed by atoms with Gasteiger partial charge in [-0.3, -0.25) is 9.14 Å². The SMILES string of the molecule is CN=S(C)(=N)c1ccc(-c2ccc(-c3nc4c(cc3Cl)[nH]c(=O)n4C3CCCCO3)cc2)cc1. The molecular weight excluding hydrogens is 470 g/mol. The quantitative estimate of drug-likeness (QED) is 0.356. The molecule has 2 unspecified atom stereocenters. The molecule has 1 aliphatic rings. The van der Waals surface area contributed by atoms with Crippen molar-refractivity contribution in [2.75, 3.05) is 19.9 Å². The van der Waals surface area contributed by atoms with Gasteiger partial charge in [0.05, 0.1) is 16.2 Å². The maximum Gasteiger partial charge on any atom is 0.329 e.